The standard InChI is InChI=1S/C34H58N2/c1-7-9-11-13-15-17-27-35(3,4)29-31-19-23-33(24-20-31)34-25-21-32(22-26-34)30-36(5,6)28-18-16-14-12-10-8-2/h19-26H,7-18,27-30H2,1-6H3/q+2. The predicted molar refractivity (Wildman–Crippen MR) is 160 cm³/mol. The van der Waals surface area contributed by atoms with Crippen molar-refractivity contribution in [1.29, 1.82) is 0 Å². The monoisotopic (exact) mass is 494 g/mol. The lowest BCUT2D eigenvalue weighted by atomic mass is 10.0. The van der Waals surface area contributed by atoms with Crippen molar-refractivity contribution in [3.63, 3.8) is 0 Å². The van der Waals surface area contributed by atoms with Gasteiger partial charge in [0, 0.05) is 11.1 Å². The molecule has 0 amide bonds. The van der Waals surface area contributed by atoms with E-state index in [1.807, 2.05) is 0 Å². The summed E-state index contributed by atoms with van der Waals surface area (Å²) in [6.45, 7) is 9.34. The van der Waals surface area contributed by atoms with Crippen molar-refractivity contribution < 1.29 is 8.97 Å². The zero-order valence-electron chi connectivity index (χ0n) is 24.8. The number of quaternary nitrogens is 2. The van der Waals surface area contributed by atoms with Gasteiger partial charge in [0.25, 0.3) is 0 Å². The minimum absolute atomic E-state index is 1.08. The average Bonchev–Trinajstić information content (AvgIpc) is 2.84. The zero-order valence-corrected chi connectivity index (χ0v) is 24.8. The average molecular weight is 495 g/mol. The van der Waals surface area contributed by atoms with Crippen LogP contribution < -0.4 is 0 Å². The summed E-state index contributed by atoms with van der Waals surface area (Å²) in [5.74, 6) is 0. The molecule has 0 saturated heterocycles. The van der Waals surface area contributed by atoms with E-state index in [0.717, 1.165) is 22.1 Å². The topological polar surface area (TPSA) is 0 Å². The van der Waals surface area contributed by atoms with Gasteiger partial charge in [-0.2, -0.15) is 0 Å². The number of hydrogen-bond donors (Lipinski definition) is 0. The molecule has 0 N–H and O–H groups in total. The van der Waals surface area contributed by atoms with E-state index in [1.54, 1.807) is 0 Å². The molecule has 2 heteroatoms. The Morgan fingerprint density at radius 1 is 0.417 bits per heavy atom. The second-order valence-corrected chi connectivity index (χ2v) is 12.6. The number of benzene rings is 2. The highest BCUT2D eigenvalue weighted by molar-refractivity contribution is 5.63. The molecule has 36 heavy (non-hydrogen) atoms. The van der Waals surface area contributed by atoms with Crippen molar-refractivity contribution in [2.24, 2.45) is 0 Å². The van der Waals surface area contributed by atoms with Crippen LogP contribution in [0.15, 0.2) is 48.5 Å². The van der Waals surface area contributed by atoms with Crippen molar-refractivity contribution in [3.8, 4) is 11.1 Å². The first-order valence-corrected chi connectivity index (χ1v) is 15.1. The number of hydrogen-bond acceptors (Lipinski definition) is 0. The third-order valence-corrected chi connectivity index (χ3v) is 7.70. The first-order valence-electron chi connectivity index (χ1n) is 15.1. The lowest BCUT2D eigenvalue weighted by Crippen LogP contribution is -2.39. The van der Waals surface area contributed by atoms with E-state index in [0.29, 0.717) is 0 Å². The van der Waals surface area contributed by atoms with Gasteiger partial charge < -0.3 is 8.97 Å². The van der Waals surface area contributed by atoms with Crippen molar-refractivity contribution >= 4 is 0 Å². The summed E-state index contributed by atoms with van der Waals surface area (Å²) in [6, 6.07) is 18.6. The Morgan fingerprint density at radius 3 is 1.06 bits per heavy atom. The first-order chi connectivity index (χ1) is 17.2. The van der Waals surface area contributed by atoms with Gasteiger partial charge in [-0.05, 0) is 36.8 Å². The normalized spacial score (nSPS) is 12.3. The molecule has 2 aromatic carbocycles. The quantitative estimate of drug-likeness (QED) is 0.135. The maximum atomic E-state index is 2.38. The molecule has 0 fully saturated rings. The van der Waals surface area contributed by atoms with Gasteiger partial charge in [0.15, 0.2) is 0 Å². The number of rotatable bonds is 19. The molecule has 0 aliphatic carbocycles. The van der Waals surface area contributed by atoms with E-state index >= 15 is 0 Å². The largest absolute Gasteiger partial charge is 0.325 e. The summed E-state index contributed by atoms with van der Waals surface area (Å²) in [5.41, 5.74) is 5.54. The van der Waals surface area contributed by atoms with E-state index in [4.69, 9.17) is 0 Å². The Hall–Kier alpha value is -1.64. The van der Waals surface area contributed by atoms with Gasteiger partial charge in [0.1, 0.15) is 13.1 Å². The lowest BCUT2D eigenvalue weighted by molar-refractivity contribution is -0.903. The van der Waals surface area contributed by atoms with Crippen LogP contribution in [-0.2, 0) is 13.1 Å². The Morgan fingerprint density at radius 2 is 0.722 bits per heavy atom. The van der Waals surface area contributed by atoms with Crippen LogP contribution in [0, 0.1) is 0 Å². The van der Waals surface area contributed by atoms with E-state index in [2.05, 4.69) is 90.6 Å². The molecule has 0 aliphatic heterocycles. The maximum absolute atomic E-state index is 2.38. The highest BCUT2D eigenvalue weighted by Gasteiger charge is 2.17. The van der Waals surface area contributed by atoms with Crippen LogP contribution in [0.25, 0.3) is 11.1 Å². The van der Waals surface area contributed by atoms with Crippen molar-refractivity contribution in [2.45, 2.75) is 104 Å². The van der Waals surface area contributed by atoms with E-state index in [9.17, 15) is 0 Å². The SMILES string of the molecule is CCCCCCCC[N+](C)(C)Cc1ccc(-c2ccc(C[N+](C)(C)CCCCCCCC)cc2)cc1. The molecule has 0 aromatic heterocycles. The molecule has 2 nitrogen and oxygen atoms in total. The third-order valence-electron chi connectivity index (χ3n) is 7.70. The summed E-state index contributed by atoms with van der Waals surface area (Å²) < 4.78 is 2.16. The molecular weight excluding hydrogens is 436 g/mol. The Labute approximate surface area is 224 Å². The van der Waals surface area contributed by atoms with Gasteiger partial charge >= 0.3 is 0 Å². The maximum Gasteiger partial charge on any atom is 0.104 e. The van der Waals surface area contributed by atoms with Crippen molar-refractivity contribution in [2.75, 3.05) is 41.3 Å². The zero-order chi connectivity index (χ0) is 26.3. The summed E-state index contributed by atoms with van der Waals surface area (Å²) in [6.07, 6.45) is 16.5. The fourth-order valence-corrected chi connectivity index (χ4v) is 5.39. The minimum atomic E-state index is 1.08. The summed E-state index contributed by atoms with van der Waals surface area (Å²) in [4.78, 5) is 0. The molecule has 0 bridgehead atoms. The van der Waals surface area contributed by atoms with Gasteiger partial charge in [-0.25, -0.2) is 0 Å². The molecule has 0 radical (unpaired) electrons. The minimum Gasteiger partial charge on any atom is -0.325 e. The second-order valence-electron chi connectivity index (χ2n) is 12.6. The predicted octanol–water partition coefficient (Wildman–Crippen LogP) is 9.23. The van der Waals surface area contributed by atoms with Gasteiger partial charge in [-0.15, -0.1) is 0 Å². The fourth-order valence-electron chi connectivity index (χ4n) is 5.39. The summed E-state index contributed by atoms with van der Waals surface area (Å²) >= 11 is 0. The van der Waals surface area contributed by atoms with Gasteiger partial charge in [0.2, 0.25) is 0 Å². The van der Waals surface area contributed by atoms with Gasteiger partial charge in [-0.3, -0.25) is 0 Å². The van der Waals surface area contributed by atoms with Crippen LogP contribution >= 0.6 is 0 Å². The van der Waals surface area contributed by atoms with Crippen LogP contribution in [0.2, 0.25) is 0 Å². The number of unbranched alkanes of at least 4 members (excludes halogenated alkanes) is 10. The molecule has 0 spiro atoms. The number of nitrogens with zero attached hydrogens (tertiary/aromatic N) is 2. The summed E-state index contributed by atoms with van der Waals surface area (Å²) in [7, 11) is 9.52. The molecule has 0 heterocycles. The smallest absolute Gasteiger partial charge is 0.104 e. The highest BCUT2D eigenvalue weighted by atomic mass is 15.3. The second kappa shape index (κ2) is 16.3. The van der Waals surface area contributed by atoms with Crippen molar-refractivity contribution in [3.05, 3.63) is 59.7 Å². The molecule has 0 unspecified atom stereocenters. The van der Waals surface area contributed by atoms with Gasteiger partial charge in [-0.1, -0.05) is 114 Å². The van der Waals surface area contributed by atoms with E-state index < -0.39 is 0 Å². The Balaban J connectivity index is 1.80. The third kappa shape index (κ3) is 12.5. The van der Waals surface area contributed by atoms with Crippen molar-refractivity contribution in [1.82, 2.24) is 0 Å². The summed E-state index contributed by atoms with van der Waals surface area (Å²) in [5, 5.41) is 0. The van der Waals surface area contributed by atoms with Crippen LogP contribution in [0.1, 0.15) is 102 Å². The lowest BCUT2D eigenvalue weighted by Gasteiger charge is -2.30. The van der Waals surface area contributed by atoms with Crippen LogP contribution in [-0.4, -0.2) is 50.2 Å². The van der Waals surface area contributed by atoms with Crippen LogP contribution in [0.4, 0.5) is 0 Å². The van der Waals surface area contributed by atoms with E-state index in [1.165, 1.54) is 112 Å². The highest BCUT2D eigenvalue weighted by Crippen LogP contribution is 2.23. The Bertz CT molecular complexity index is 746. The molecule has 0 saturated carbocycles. The molecule has 2 rings (SSSR count). The fraction of sp³-hybridized carbons (Fsp3) is 0.647. The molecule has 202 valence electrons. The first kappa shape index (κ1) is 30.6. The molecule has 0 atom stereocenters. The van der Waals surface area contributed by atoms with E-state index in [-0.39, 0.29) is 0 Å². The Kier molecular flexibility index (Phi) is 13.8. The van der Waals surface area contributed by atoms with Gasteiger partial charge in [0.05, 0.1) is 41.3 Å². The molecule has 2 aromatic rings. The molecular formula is C34H58N2+2. The molecule has 0 aliphatic rings. The van der Waals surface area contributed by atoms with Crippen LogP contribution in [0.3, 0.4) is 0 Å². The van der Waals surface area contributed by atoms with Crippen LogP contribution in [0.5, 0.6) is 0 Å².